The minimum absolute atomic E-state index is 0.0383. The van der Waals surface area contributed by atoms with E-state index < -0.39 is 29.6 Å². The summed E-state index contributed by atoms with van der Waals surface area (Å²) in [7, 11) is 0. The van der Waals surface area contributed by atoms with Crippen molar-refractivity contribution >= 4 is 46.5 Å². The lowest BCUT2D eigenvalue weighted by Gasteiger charge is -2.12. The summed E-state index contributed by atoms with van der Waals surface area (Å²) in [5.41, 5.74) is 1.32. The molecule has 0 bridgehead atoms. The standard InChI is InChI=1S/C21H18N2O6S/c1-2-29-20(27)14-6-8-15(9-7-14)22-18(25)12-23-19(26)17(30-21(23)28)11-13-4-3-5-16(24)10-13/h3-11,24H,2,12H2,1H3,(H,22,25)/b17-11-. The average molecular weight is 426 g/mol. The minimum Gasteiger partial charge on any atom is -0.508 e. The largest absolute Gasteiger partial charge is 0.508 e. The smallest absolute Gasteiger partial charge is 0.338 e. The van der Waals surface area contributed by atoms with Gasteiger partial charge in [-0.2, -0.15) is 0 Å². The highest BCUT2D eigenvalue weighted by Crippen LogP contribution is 2.32. The van der Waals surface area contributed by atoms with Crippen LogP contribution in [-0.2, 0) is 14.3 Å². The molecule has 1 aliphatic rings. The van der Waals surface area contributed by atoms with Crippen molar-refractivity contribution in [1.82, 2.24) is 4.90 Å². The summed E-state index contributed by atoms with van der Waals surface area (Å²) in [6.45, 7) is 1.52. The lowest BCUT2D eigenvalue weighted by Crippen LogP contribution is -2.36. The van der Waals surface area contributed by atoms with Crippen LogP contribution < -0.4 is 5.32 Å². The molecule has 9 heteroatoms. The second-order valence-corrected chi connectivity index (χ2v) is 7.20. The molecule has 1 saturated heterocycles. The van der Waals surface area contributed by atoms with E-state index in [-0.39, 0.29) is 17.3 Å². The summed E-state index contributed by atoms with van der Waals surface area (Å²) < 4.78 is 4.89. The monoisotopic (exact) mass is 426 g/mol. The number of hydrogen-bond donors (Lipinski definition) is 2. The number of amides is 3. The normalized spacial score (nSPS) is 14.8. The molecule has 0 radical (unpaired) electrons. The Balaban J connectivity index is 1.63. The Morgan fingerprint density at radius 3 is 2.57 bits per heavy atom. The number of hydrogen-bond acceptors (Lipinski definition) is 7. The van der Waals surface area contributed by atoms with Gasteiger partial charge in [0, 0.05) is 5.69 Å². The van der Waals surface area contributed by atoms with Crippen LogP contribution in [0.3, 0.4) is 0 Å². The molecule has 2 N–H and O–H groups in total. The van der Waals surface area contributed by atoms with E-state index in [1.807, 2.05) is 0 Å². The number of carbonyl (C=O) groups excluding carboxylic acids is 4. The Kier molecular flexibility index (Phi) is 6.53. The fourth-order valence-corrected chi connectivity index (χ4v) is 3.49. The highest BCUT2D eigenvalue weighted by Gasteiger charge is 2.36. The number of anilines is 1. The van der Waals surface area contributed by atoms with Crippen molar-refractivity contribution in [2.45, 2.75) is 6.92 Å². The van der Waals surface area contributed by atoms with Gasteiger partial charge in [-0.15, -0.1) is 0 Å². The van der Waals surface area contributed by atoms with Gasteiger partial charge in [-0.05, 0) is 66.7 Å². The number of ether oxygens (including phenoxy) is 1. The van der Waals surface area contributed by atoms with Gasteiger partial charge in [-0.1, -0.05) is 12.1 Å². The number of esters is 1. The number of imide groups is 1. The molecular weight excluding hydrogens is 408 g/mol. The Morgan fingerprint density at radius 1 is 1.17 bits per heavy atom. The molecule has 2 aromatic rings. The van der Waals surface area contributed by atoms with Gasteiger partial charge < -0.3 is 15.2 Å². The Labute approximate surface area is 176 Å². The van der Waals surface area contributed by atoms with Crippen molar-refractivity contribution in [1.29, 1.82) is 0 Å². The Morgan fingerprint density at radius 2 is 1.90 bits per heavy atom. The molecule has 154 valence electrons. The fourth-order valence-electron chi connectivity index (χ4n) is 2.65. The molecule has 1 fully saturated rings. The summed E-state index contributed by atoms with van der Waals surface area (Å²) in [6.07, 6.45) is 1.48. The van der Waals surface area contributed by atoms with Gasteiger partial charge in [0.05, 0.1) is 17.1 Å². The van der Waals surface area contributed by atoms with Gasteiger partial charge in [0.1, 0.15) is 12.3 Å². The SMILES string of the molecule is CCOC(=O)c1ccc(NC(=O)CN2C(=O)S/C(=C\c3cccc(O)c3)C2=O)cc1. The maximum Gasteiger partial charge on any atom is 0.338 e. The molecule has 8 nitrogen and oxygen atoms in total. The van der Waals surface area contributed by atoms with Crippen molar-refractivity contribution in [3.63, 3.8) is 0 Å². The van der Waals surface area contributed by atoms with E-state index in [4.69, 9.17) is 4.74 Å². The molecule has 0 atom stereocenters. The number of nitrogens with zero attached hydrogens (tertiary/aromatic N) is 1. The number of phenols is 1. The molecule has 1 heterocycles. The van der Waals surface area contributed by atoms with Crippen molar-refractivity contribution in [2.24, 2.45) is 0 Å². The summed E-state index contributed by atoms with van der Waals surface area (Å²) >= 11 is 0.726. The van der Waals surface area contributed by atoms with Crippen LogP contribution in [0.25, 0.3) is 6.08 Å². The van der Waals surface area contributed by atoms with Crippen molar-refractivity contribution in [3.8, 4) is 5.75 Å². The van der Waals surface area contributed by atoms with Crippen molar-refractivity contribution in [3.05, 3.63) is 64.6 Å². The summed E-state index contributed by atoms with van der Waals surface area (Å²) in [5.74, 6) is -1.57. The third-order valence-corrected chi connectivity index (χ3v) is 4.93. The number of carbonyl (C=O) groups is 4. The Bertz CT molecular complexity index is 1030. The summed E-state index contributed by atoms with van der Waals surface area (Å²) in [4.78, 5) is 49.6. The first-order chi connectivity index (χ1) is 14.4. The van der Waals surface area contributed by atoms with Crippen LogP contribution >= 0.6 is 11.8 Å². The van der Waals surface area contributed by atoms with Gasteiger partial charge in [-0.25, -0.2) is 4.79 Å². The van der Waals surface area contributed by atoms with Crippen molar-refractivity contribution < 1.29 is 29.0 Å². The zero-order valence-electron chi connectivity index (χ0n) is 16.0. The van der Waals surface area contributed by atoms with E-state index in [2.05, 4.69) is 5.32 Å². The first kappa shape index (κ1) is 21.1. The van der Waals surface area contributed by atoms with E-state index in [0.717, 1.165) is 16.7 Å². The van der Waals surface area contributed by atoms with Crippen LogP contribution in [0.4, 0.5) is 10.5 Å². The molecule has 0 aromatic heterocycles. The van der Waals surface area contributed by atoms with E-state index in [9.17, 15) is 24.3 Å². The number of thioether (sulfide) groups is 1. The molecule has 30 heavy (non-hydrogen) atoms. The zero-order chi connectivity index (χ0) is 21.7. The number of nitrogens with one attached hydrogen (secondary N) is 1. The van der Waals surface area contributed by atoms with Crippen LogP contribution in [0.5, 0.6) is 5.75 Å². The third kappa shape index (κ3) is 5.06. The average Bonchev–Trinajstić information content (AvgIpc) is 2.96. The van der Waals surface area contributed by atoms with Gasteiger partial charge in [0.25, 0.3) is 11.1 Å². The fraction of sp³-hybridized carbons (Fsp3) is 0.143. The van der Waals surface area contributed by atoms with Gasteiger partial charge in [-0.3, -0.25) is 19.3 Å². The van der Waals surface area contributed by atoms with Crippen LogP contribution in [0.15, 0.2) is 53.4 Å². The van der Waals surface area contributed by atoms with E-state index >= 15 is 0 Å². The van der Waals surface area contributed by atoms with Gasteiger partial charge in [0.15, 0.2) is 0 Å². The predicted octanol–water partition coefficient (Wildman–Crippen LogP) is 3.24. The number of aromatic hydroxyl groups is 1. The topological polar surface area (TPSA) is 113 Å². The number of benzene rings is 2. The van der Waals surface area contributed by atoms with E-state index in [1.54, 1.807) is 19.1 Å². The molecule has 2 aromatic carbocycles. The van der Waals surface area contributed by atoms with Crippen LogP contribution in [-0.4, -0.2) is 46.2 Å². The maximum atomic E-state index is 12.5. The van der Waals surface area contributed by atoms with Gasteiger partial charge in [0.2, 0.25) is 5.91 Å². The van der Waals surface area contributed by atoms with Gasteiger partial charge >= 0.3 is 5.97 Å². The molecule has 1 aliphatic heterocycles. The second kappa shape index (κ2) is 9.27. The van der Waals surface area contributed by atoms with Crippen LogP contribution in [0, 0.1) is 0 Å². The zero-order valence-corrected chi connectivity index (χ0v) is 16.8. The molecule has 0 spiro atoms. The van der Waals surface area contributed by atoms with Crippen LogP contribution in [0.2, 0.25) is 0 Å². The maximum absolute atomic E-state index is 12.5. The van der Waals surface area contributed by atoms with Crippen LogP contribution in [0.1, 0.15) is 22.8 Å². The quantitative estimate of drug-likeness (QED) is 0.538. The first-order valence-corrected chi connectivity index (χ1v) is 9.80. The highest BCUT2D eigenvalue weighted by atomic mass is 32.2. The predicted molar refractivity (Wildman–Crippen MR) is 112 cm³/mol. The summed E-state index contributed by atoms with van der Waals surface area (Å²) in [5, 5.41) is 11.5. The van der Waals surface area contributed by atoms with E-state index in [1.165, 1.54) is 42.5 Å². The third-order valence-electron chi connectivity index (χ3n) is 4.02. The molecule has 0 saturated carbocycles. The number of rotatable bonds is 6. The molecular formula is C21H18N2O6S. The molecule has 0 unspecified atom stereocenters. The summed E-state index contributed by atoms with van der Waals surface area (Å²) in [6, 6.07) is 12.3. The highest BCUT2D eigenvalue weighted by molar-refractivity contribution is 8.18. The molecule has 3 rings (SSSR count). The lowest BCUT2D eigenvalue weighted by atomic mass is 10.2. The van der Waals surface area contributed by atoms with Crippen molar-refractivity contribution in [2.75, 3.05) is 18.5 Å². The number of phenolic OH excluding ortho intramolecular Hbond substituents is 1. The second-order valence-electron chi connectivity index (χ2n) is 6.21. The lowest BCUT2D eigenvalue weighted by molar-refractivity contribution is -0.127. The molecule has 3 amide bonds. The molecule has 0 aliphatic carbocycles. The minimum atomic E-state index is -0.582. The Hall–Kier alpha value is -3.59. The van der Waals surface area contributed by atoms with E-state index in [0.29, 0.717) is 16.8 Å². The first-order valence-electron chi connectivity index (χ1n) is 8.99.